The van der Waals surface area contributed by atoms with E-state index in [1.54, 1.807) is 6.07 Å². The van der Waals surface area contributed by atoms with E-state index in [0.717, 1.165) is 12.1 Å². The smallest absolute Gasteiger partial charge is 0.126 e. The lowest BCUT2D eigenvalue weighted by atomic mass is 9.47. The molecule has 0 amide bonds. The van der Waals surface area contributed by atoms with Crippen molar-refractivity contribution in [2.24, 2.45) is 5.92 Å². The molecule has 0 N–H and O–H groups in total. The fraction of sp³-hybridized carbons (Fsp3) is 0.667. The maximum Gasteiger partial charge on any atom is 0.126 e. The predicted octanol–water partition coefficient (Wildman–Crippen LogP) is 1.52. The summed E-state index contributed by atoms with van der Waals surface area (Å²) in [5, 5.41) is 2.86. The van der Waals surface area contributed by atoms with Gasteiger partial charge in [-0.15, -0.1) is 0 Å². The topological polar surface area (TPSA) is 26.0 Å². The molecule has 1 heterocycles. The van der Waals surface area contributed by atoms with Gasteiger partial charge < -0.3 is 4.52 Å². The predicted molar refractivity (Wildman–Crippen MR) is 53.9 cm³/mol. The van der Waals surface area contributed by atoms with Crippen LogP contribution in [0.1, 0.15) is 31.7 Å². The van der Waals surface area contributed by atoms with E-state index in [2.05, 4.69) is 5.16 Å². The summed E-state index contributed by atoms with van der Waals surface area (Å²) in [6.45, 7) is 5.89. The number of hydrogen-bond acceptors (Lipinski definition) is 2. The highest BCUT2D eigenvalue weighted by Crippen LogP contribution is 2.28. The van der Waals surface area contributed by atoms with Crippen LogP contribution in [0.5, 0.6) is 0 Å². The normalized spacial score (nSPS) is 14.4. The first kappa shape index (κ1) is 10.4. The molecule has 66 valence electrons. The molecule has 2 nitrogen and oxygen atoms in total. The minimum atomic E-state index is -0.907. The Bertz CT molecular complexity index is 283. The molecule has 1 aromatic rings. The Hall–Kier alpha value is -0.660. The highest BCUT2D eigenvalue weighted by molar-refractivity contribution is 6.40. The first-order chi connectivity index (χ1) is 5.98. The third-order valence-corrected chi connectivity index (χ3v) is 2.48. The number of nitrogens with zero attached hydrogens (tertiary/aromatic N) is 1. The van der Waals surface area contributed by atoms with Crippen molar-refractivity contribution in [3.05, 3.63) is 17.5 Å². The van der Waals surface area contributed by atoms with Crippen LogP contribution in [-0.4, -0.2) is 20.8 Å². The fourth-order valence-corrected chi connectivity index (χ4v) is 1.15. The molecule has 13 heavy (non-hydrogen) atoms. The number of aromatic nitrogens is 1. The number of aryl methyl sites for hydroxylation is 1. The summed E-state index contributed by atoms with van der Waals surface area (Å²) in [6, 6.07) is 1.78. The van der Waals surface area contributed by atoms with E-state index in [4.69, 9.17) is 20.2 Å². The SMILES string of the molecule is [B]C([B])(c1cc(C)no1)C(C)CC. The van der Waals surface area contributed by atoms with Crippen molar-refractivity contribution in [3.8, 4) is 0 Å². The lowest BCUT2D eigenvalue weighted by molar-refractivity contribution is 0.335. The fourth-order valence-electron chi connectivity index (χ4n) is 1.15. The minimum Gasteiger partial charge on any atom is -0.362 e. The van der Waals surface area contributed by atoms with Crippen LogP contribution in [0.25, 0.3) is 0 Å². The van der Waals surface area contributed by atoms with Crippen molar-refractivity contribution in [3.63, 3.8) is 0 Å². The highest BCUT2D eigenvalue weighted by Gasteiger charge is 2.29. The van der Waals surface area contributed by atoms with Gasteiger partial charge in [0.1, 0.15) is 5.76 Å². The Morgan fingerprint density at radius 3 is 2.62 bits per heavy atom. The van der Waals surface area contributed by atoms with Crippen LogP contribution in [0.2, 0.25) is 0 Å². The molecule has 0 fully saturated rings. The molecule has 1 rings (SSSR count). The van der Waals surface area contributed by atoms with E-state index in [9.17, 15) is 0 Å². The molecule has 0 spiro atoms. The van der Waals surface area contributed by atoms with Gasteiger partial charge in [0.15, 0.2) is 0 Å². The average molecular weight is 173 g/mol. The summed E-state index contributed by atoms with van der Waals surface area (Å²) < 4.78 is 5.05. The van der Waals surface area contributed by atoms with E-state index in [0.29, 0.717) is 5.76 Å². The molecule has 0 aliphatic rings. The van der Waals surface area contributed by atoms with Crippen LogP contribution in [-0.2, 0) is 5.21 Å². The van der Waals surface area contributed by atoms with Gasteiger partial charge in [0.25, 0.3) is 0 Å². The van der Waals surface area contributed by atoms with Crippen molar-refractivity contribution >= 4 is 15.7 Å². The molecule has 0 saturated heterocycles. The van der Waals surface area contributed by atoms with Crippen LogP contribution >= 0.6 is 0 Å². The van der Waals surface area contributed by atoms with Gasteiger partial charge in [-0.3, -0.25) is 0 Å². The summed E-state index contributed by atoms with van der Waals surface area (Å²) in [6.07, 6.45) is 0.909. The summed E-state index contributed by atoms with van der Waals surface area (Å²) in [5.41, 5.74) is 0.804. The van der Waals surface area contributed by atoms with Crippen molar-refractivity contribution in [1.29, 1.82) is 0 Å². The largest absolute Gasteiger partial charge is 0.362 e. The average Bonchev–Trinajstić information content (AvgIpc) is 2.50. The van der Waals surface area contributed by atoms with Crippen molar-refractivity contribution in [2.45, 2.75) is 32.4 Å². The molecule has 4 radical (unpaired) electrons. The van der Waals surface area contributed by atoms with E-state index >= 15 is 0 Å². The van der Waals surface area contributed by atoms with Gasteiger partial charge in [0.2, 0.25) is 0 Å². The molecular weight excluding hydrogens is 160 g/mol. The number of hydrogen-bond donors (Lipinski definition) is 0. The maximum atomic E-state index is 5.95. The molecule has 0 bridgehead atoms. The van der Waals surface area contributed by atoms with Crippen LogP contribution in [0.4, 0.5) is 0 Å². The summed E-state index contributed by atoms with van der Waals surface area (Å²) in [4.78, 5) is 0. The zero-order valence-electron chi connectivity index (χ0n) is 8.37. The zero-order valence-corrected chi connectivity index (χ0v) is 8.37. The van der Waals surface area contributed by atoms with Gasteiger partial charge in [-0.1, -0.05) is 25.4 Å². The molecule has 0 aliphatic carbocycles. The van der Waals surface area contributed by atoms with Gasteiger partial charge in [-0.2, -0.15) is 0 Å². The quantitative estimate of drug-likeness (QED) is 0.647. The van der Waals surface area contributed by atoms with E-state index in [-0.39, 0.29) is 5.92 Å². The van der Waals surface area contributed by atoms with Gasteiger partial charge in [0, 0.05) is 6.07 Å². The second-order valence-electron chi connectivity index (χ2n) is 3.57. The summed E-state index contributed by atoms with van der Waals surface area (Å²) >= 11 is 0. The second-order valence-corrected chi connectivity index (χ2v) is 3.57. The maximum absolute atomic E-state index is 5.95. The van der Waals surface area contributed by atoms with Crippen LogP contribution in [0.15, 0.2) is 10.6 Å². The monoisotopic (exact) mass is 173 g/mol. The lowest BCUT2D eigenvalue weighted by Gasteiger charge is -2.29. The standard InChI is InChI=1S/C9H13B2NO/c1-4-6(2)9(10,11)8-5-7(3)12-13-8/h5-6H,4H2,1-3H3. The van der Waals surface area contributed by atoms with E-state index in [1.807, 2.05) is 20.8 Å². The Kier molecular flexibility index (Phi) is 2.89. The molecule has 0 aliphatic heterocycles. The Labute approximate surface area is 81.9 Å². The molecule has 4 heteroatoms. The third-order valence-electron chi connectivity index (χ3n) is 2.48. The van der Waals surface area contributed by atoms with E-state index in [1.165, 1.54) is 0 Å². The molecule has 1 aromatic heterocycles. The zero-order chi connectivity index (χ0) is 10.1. The van der Waals surface area contributed by atoms with Crippen LogP contribution < -0.4 is 0 Å². The van der Waals surface area contributed by atoms with Crippen molar-refractivity contribution in [2.75, 3.05) is 0 Å². The van der Waals surface area contributed by atoms with Crippen molar-refractivity contribution in [1.82, 2.24) is 5.16 Å². The van der Waals surface area contributed by atoms with Gasteiger partial charge in [0.05, 0.1) is 21.4 Å². The van der Waals surface area contributed by atoms with Gasteiger partial charge >= 0.3 is 0 Å². The van der Waals surface area contributed by atoms with Gasteiger partial charge in [-0.25, -0.2) is 0 Å². The Morgan fingerprint density at radius 1 is 1.62 bits per heavy atom. The van der Waals surface area contributed by atoms with Crippen LogP contribution in [0, 0.1) is 12.8 Å². The first-order valence-corrected chi connectivity index (χ1v) is 4.50. The summed E-state index contributed by atoms with van der Waals surface area (Å²) in [7, 11) is 11.9. The minimum absolute atomic E-state index is 0.167. The molecule has 0 aromatic carbocycles. The van der Waals surface area contributed by atoms with Crippen LogP contribution in [0.3, 0.4) is 0 Å². The first-order valence-electron chi connectivity index (χ1n) is 4.50. The number of rotatable bonds is 3. The molecular formula is C9H13B2NO. The molecule has 1 atom stereocenters. The highest BCUT2D eigenvalue weighted by atomic mass is 16.5. The summed E-state index contributed by atoms with van der Waals surface area (Å²) in [5.74, 6) is 0.721. The second kappa shape index (κ2) is 3.60. The van der Waals surface area contributed by atoms with Gasteiger partial charge in [-0.05, 0) is 18.1 Å². The lowest BCUT2D eigenvalue weighted by Crippen LogP contribution is -2.34. The molecule has 0 saturated carbocycles. The third kappa shape index (κ3) is 1.98. The van der Waals surface area contributed by atoms with Crippen molar-refractivity contribution < 1.29 is 4.52 Å². The van der Waals surface area contributed by atoms with E-state index < -0.39 is 5.21 Å². The Balaban J connectivity index is 2.92. The molecule has 1 unspecified atom stereocenters. The Morgan fingerprint density at radius 2 is 2.23 bits per heavy atom.